The molecule has 22 heavy (non-hydrogen) atoms. The molecule has 6 heteroatoms. The van der Waals surface area contributed by atoms with Crippen molar-refractivity contribution < 1.29 is 14.7 Å². The maximum absolute atomic E-state index is 12.2. The van der Waals surface area contributed by atoms with Crippen LogP contribution in [0.4, 0.5) is 5.69 Å². The number of carboxylic acids is 1. The van der Waals surface area contributed by atoms with Gasteiger partial charge in [0, 0.05) is 0 Å². The van der Waals surface area contributed by atoms with Gasteiger partial charge in [-0.3, -0.25) is 4.79 Å². The SMILES string of the molecule is O=C(O)c1ccc(CC2Sc3c(Cl)cccc3NC2=O)cc1. The second-order valence-electron chi connectivity index (χ2n) is 4.92. The number of hydrogen-bond donors (Lipinski definition) is 2. The third-order valence-electron chi connectivity index (χ3n) is 3.40. The van der Waals surface area contributed by atoms with Gasteiger partial charge in [-0.05, 0) is 36.2 Å². The van der Waals surface area contributed by atoms with Crippen LogP contribution in [0.15, 0.2) is 47.4 Å². The van der Waals surface area contributed by atoms with Gasteiger partial charge in [-0.25, -0.2) is 4.79 Å². The van der Waals surface area contributed by atoms with E-state index < -0.39 is 5.97 Å². The van der Waals surface area contributed by atoms with Crippen LogP contribution in [0.3, 0.4) is 0 Å². The van der Waals surface area contributed by atoms with E-state index in [2.05, 4.69) is 5.32 Å². The molecule has 1 amide bonds. The topological polar surface area (TPSA) is 66.4 Å². The molecule has 2 aromatic rings. The van der Waals surface area contributed by atoms with Crippen molar-refractivity contribution in [2.24, 2.45) is 0 Å². The van der Waals surface area contributed by atoms with Gasteiger partial charge in [-0.2, -0.15) is 0 Å². The summed E-state index contributed by atoms with van der Waals surface area (Å²) in [6, 6.07) is 12.0. The highest BCUT2D eigenvalue weighted by molar-refractivity contribution is 8.01. The number of anilines is 1. The van der Waals surface area contributed by atoms with Crippen molar-refractivity contribution in [2.75, 3.05) is 5.32 Å². The van der Waals surface area contributed by atoms with E-state index in [0.717, 1.165) is 16.1 Å². The fourth-order valence-electron chi connectivity index (χ4n) is 2.27. The molecule has 3 rings (SSSR count). The number of nitrogens with one attached hydrogen (secondary N) is 1. The fraction of sp³-hybridized carbons (Fsp3) is 0.125. The van der Waals surface area contributed by atoms with Crippen LogP contribution in [0.25, 0.3) is 0 Å². The van der Waals surface area contributed by atoms with Crippen molar-refractivity contribution in [3.05, 3.63) is 58.6 Å². The summed E-state index contributed by atoms with van der Waals surface area (Å²) in [4.78, 5) is 23.9. The van der Waals surface area contributed by atoms with Crippen molar-refractivity contribution in [3.63, 3.8) is 0 Å². The van der Waals surface area contributed by atoms with E-state index in [1.54, 1.807) is 36.4 Å². The lowest BCUT2D eigenvalue weighted by molar-refractivity contribution is -0.115. The van der Waals surface area contributed by atoms with Crippen molar-refractivity contribution in [3.8, 4) is 0 Å². The van der Waals surface area contributed by atoms with E-state index in [9.17, 15) is 9.59 Å². The summed E-state index contributed by atoms with van der Waals surface area (Å²) in [6.07, 6.45) is 0.515. The van der Waals surface area contributed by atoms with E-state index in [-0.39, 0.29) is 16.7 Å². The first kappa shape index (κ1) is 14.9. The normalized spacial score (nSPS) is 16.8. The van der Waals surface area contributed by atoms with E-state index in [1.807, 2.05) is 6.07 Å². The van der Waals surface area contributed by atoms with Gasteiger partial charge in [0.15, 0.2) is 0 Å². The molecule has 1 aliphatic rings. The Morgan fingerprint density at radius 2 is 1.95 bits per heavy atom. The molecule has 2 N–H and O–H groups in total. The number of carbonyl (C=O) groups is 2. The number of amides is 1. The zero-order valence-electron chi connectivity index (χ0n) is 11.4. The van der Waals surface area contributed by atoms with Crippen LogP contribution in [-0.2, 0) is 11.2 Å². The number of rotatable bonds is 3. The minimum Gasteiger partial charge on any atom is -0.478 e. The molecule has 0 radical (unpaired) electrons. The van der Waals surface area contributed by atoms with E-state index in [0.29, 0.717) is 11.4 Å². The fourth-order valence-corrected chi connectivity index (χ4v) is 3.73. The summed E-state index contributed by atoms with van der Waals surface area (Å²) >= 11 is 7.61. The number of benzene rings is 2. The molecule has 0 saturated heterocycles. The van der Waals surface area contributed by atoms with Gasteiger partial charge in [-0.15, -0.1) is 11.8 Å². The maximum atomic E-state index is 12.2. The molecule has 1 aliphatic heterocycles. The maximum Gasteiger partial charge on any atom is 0.335 e. The van der Waals surface area contributed by atoms with Gasteiger partial charge < -0.3 is 10.4 Å². The average Bonchev–Trinajstić information content (AvgIpc) is 2.49. The summed E-state index contributed by atoms with van der Waals surface area (Å²) in [6.45, 7) is 0. The number of carboxylic acid groups (broad SMARTS) is 1. The van der Waals surface area contributed by atoms with Gasteiger partial charge >= 0.3 is 5.97 Å². The lowest BCUT2D eigenvalue weighted by Crippen LogP contribution is -2.30. The van der Waals surface area contributed by atoms with Crippen LogP contribution in [0.2, 0.25) is 5.02 Å². The molecular weight excluding hydrogens is 322 g/mol. The van der Waals surface area contributed by atoms with Gasteiger partial charge in [0.1, 0.15) is 0 Å². The Morgan fingerprint density at radius 3 is 2.64 bits per heavy atom. The van der Waals surface area contributed by atoms with Crippen molar-refractivity contribution >= 4 is 40.9 Å². The summed E-state index contributed by atoms with van der Waals surface area (Å²) in [5.41, 5.74) is 1.88. The Kier molecular flexibility index (Phi) is 4.09. The zero-order valence-corrected chi connectivity index (χ0v) is 12.9. The zero-order chi connectivity index (χ0) is 15.7. The molecule has 0 spiro atoms. The summed E-state index contributed by atoms with van der Waals surface area (Å²) < 4.78 is 0. The summed E-state index contributed by atoms with van der Waals surface area (Å²) in [7, 11) is 0. The van der Waals surface area contributed by atoms with Gasteiger partial charge in [0.2, 0.25) is 5.91 Å². The highest BCUT2D eigenvalue weighted by Crippen LogP contribution is 2.41. The molecule has 1 unspecified atom stereocenters. The number of fused-ring (bicyclic) bond motifs is 1. The summed E-state index contributed by atoms with van der Waals surface area (Å²) in [5.74, 6) is -1.03. The predicted octanol–water partition coefficient (Wildman–Crippen LogP) is 3.69. The first-order valence-electron chi connectivity index (χ1n) is 6.63. The Labute approximate surface area is 136 Å². The number of carbonyl (C=O) groups excluding carboxylic acids is 1. The van der Waals surface area contributed by atoms with E-state index >= 15 is 0 Å². The van der Waals surface area contributed by atoms with Crippen LogP contribution in [-0.4, -0.2) is 22.2 Å². The highest BCUT2D eigenvalue weighted by atomic mass is 35.5. The standard InChI is InChI=1S/C16H12ClNO3S/c17-11-2-1-3-12-14(11)22-13(15(19)18-12)8-9-4-6-10(7-5-9)16(20)21/h1-7,13H,8H2,(H,18,19)(H,20,21). The molecule has 1 heterocycles. The van der Waals surface area contributed by atoms with Crippen LogP contribution in [0, 0.1) is 0 Å². The van der Waals surface area contributed by atoms with Crippen LogP contribution < -0.4 is 5.32 Å². The molecule has 0 saturated carbocycles. The van der Waals surface area contributed by atoms with Crippen LogP contribution in [0.1, 0.15) is 15.9 Å². The molecule has 2 aromatic carbocycles. The molecule has 4 nitrogen and oxygen atoms in total. The molecular formula is C16H12ClNO3S. The largest absolute Gasteiger partial charge is 0.478 e. The third kappa shape index (κ3) is 2.96. The minimum absolute atomic E-state index is 0.0675. The molecule has 0 aliphatic carbocycles. The van der Waals surface area contributed by atoms with Crippen molar-refractivity contribution in [1.82, 2.24) is 0 Å². The molecule has 0 aromatic heterocycles. The smallest absolute Gasteiger partial charge is 0.335 e. The highest BCUT2D eigenvalue weighted by Gasteiger charge is 2.28. The third-order valence-corrected chi connectivity index (χ3v) is 5.17. The monoisotopic (exact) mass is 333 g/mol. The Hall–Kier alpha value is -1.98. The van der Waals surface area contributed by atoms with E-state index in [4.69, 9.17) is 16.7 Å². The Balaban J connectivity index is 1.80. The second kappa shape index (κ2) is 6.02. The number of halogens is 1. The number of aromatic carboxylic acids is 1. The lowest BCUT2D eigenvalue weighted by Gasteiger charge is -2.24. The molecule has 0 bridgehead atoms. The second-order valence-corrected chi connectivity index (χ2v) is 6.54. The number of hydrogen-bond acceptors (Lipinski definition) is 3. The first-order chi connectivity index (χ1) is 10.5. The summed E-state index contributed by atoms with van der Waals surface area (Å²) in [5, 5.41) is 12.1. The predicted molar refractivity (Wildman–Crippen MR) is 86.8 cm³/mol. The lowest BCUT2D eigenvalue weighted by atomic mass is 10.1. The molecule has 112 valence electrons. The quantitative estimate of drug-likeness (QED) is 0.899. The van der Waals surface area contributed by atoms with Crippen molar-refractivity contribution in [1.29, 1.82) is 0 Å². The first-order valence-corrected chi connectivity index (χ1v) is 7.88. The van der Waals surface area contributed by atoms with Crippen LogP contribution in [0.5, 0.6) is 0 Å². The average molecular weight is 334 g/mol. The van der Waals surface area contributed by atoms with E-state index in [1.165, 1.54) is 11.8 Å². The Morgan fingerprint density at radius 1 is 1.23 bits per heavy atom. The minimum atomic E-state index is -0.961. The van der Waals surface area contributed by atoms with Crippen molar-refractivity contribution in [2.45, 2.75) is 16.6 Å². The van der Waals surface area contributed by atoms with Gasteiger partial charge in [-0.1, -0.05) is 29.8 Å². The Bertz CT molecular complexity index is 746. The van der Waals surface area contributed by atoms with Gasteiger partial charge in [0.05, 0.1) is 26.4 Å². The number of thioether (sulfide) groups is 1. The van der Waals surface area contributed by atoms with Gasteiger partial charge in [0.25, 0.3) is 0 Å². The molecule has 1 atom stereocenters. The van der Waals surface area contributed by atoms with Crippen LogP contribution >= 0.6 is 23.4 Å². The molecule has 0 fully saturated rings.